The van der Waals surface area contributed by atoms with Crippen LogP contribution in [-0.2, 0) is 16.0 Å². The predicted octanol–water partition coefficient (Wildman–Crippen LogP) is 6.77. The van der Waals surface area contributed by atoms with Crippen molar-refractivity contribution in [3.05, 3.63) is 57.1 Å². The molecule has 0 atom stereocenters. The van der Waals surface area contributed by atoms with Gasteiger partial charge in [0.15, 0.2) is 0 Å². The Morgan fingerprint density at radius 1 is 1.10 bits per heavy atom. The molecule has 0 spiro atoms. The molecule has 0 heterocycles. The van der Waals surface area contributed by atoms with E-state index in [1.807, 2.05) is 39.8 Å². The van der Waals surface area contributed by atoms with Crippen LogP contribution >= 0.6 is 23.2 Å². The van der Waals surface area contributed by atoms with E-state index in [9.17, 15) is 9.90 Å². The summed E-state index contributed by atoms with van der Waals surface area (Å²) in [5.41, 5.74) is 2.72. The standard InChI is InChI=1S/C21H24Cl2O4.C2H6/c1-13(2)16-9-14(6-7-20(16)24)10-17-18(22)11-15(12-19(17)23)27-8-4-5-21(25)26-3;1-2/h6-7,9,11-13,24H,4-5,8,10H2,1-3H3;1-2H3. The van der Waals surface area contributed by atoms with E-state index in [0.29, 0.717) is 47.4 Å². The van der Waals surface area contributed by atoms with Gasteiger partial charge in [0.05, 0.1) is 13.7 Å². The maximum Gasteiger partial charge on any atom is 0.305 e. The van der Waals surface area contributed by atoms with Gasteiger partial charge in [0.1, 0.15) is 11.5 Å². The zero-order valence-corrected chi connectivity index (χ0v) is 19.2. The first-order valence-corrected chi connectivity index (χ1v) is 10.6. The van der Waals surface area contributed by atoms with Gasteiger partial charge in [-0.2, -0.15) is 0 Å². The number of hydrogen-bond acceptors (Lipinski definition) is 4. The molecular weight excluding hydrogens is 411 g/mol. The molecule has 2 aromatic carbocycles. The Hall–Kier alpha value is -1.91. The molecule has 29 heavy (non-hydrogen) atoms. The van der Waals surface area contributed by atoms with Crippen LogP contribution in [0.15, 0.2) is 30.3 Å². The number of ether oxygens (including phenoxy) is 2. The van der Waals surface area contributed by atoms with Gasteiger partial charge in [-0.1, -0.05) is 63.0 Å². The molecule has 2 rings (SSSR count). The van der Waals surface area contributed by atoms with Crippen LogP contribution in [0.1, 0.15) is 63.1 Å². The first kappa shape index (κ1) is 25.1. The number of rotatable bonds is 8. The summed E-state index contributed by atoms with van der Waals surface area (Å²) in [7, 11) is 1.36. The summed E-state index contributed by atoms with van der Waals surface area (Å²) in [4.78, 5) is 11.1. The number of benzene rings is 2. The number of aromatic hydroxyl groups is 1. The Bertz CT molecular complexity index is 780. The van der Waals surface area contributed by atoms with E-state index < -0.39 is 0 Å². The molecule has 160 valence electrons. The topological polar surface area (TPSA) is 55.8 Å². The van der Waals surface area contributed by atoms with Gasteiger partial charge in [0, 0.05) is 22.9 Å². The van der Waals surface area contributed by atoms with Crippen LogP contribution in [0, 0.1) is 0 Å². The maximum atomic E-state index is 11.1. The second-order valence-corrected chi connectivity index (χ2v) is 7.43. The first-order valence-electron chi connectivity index (χ1n) is 9.81. The monoisotopic (exact) mass is 440 g/mol. The molecule has 6 heteroatoms. The summed E-state index contributed by atoms with van der Waals surface area (Å²) in [6, 6.07) is 9.00. The summed E-state index contributed by atoms with van der Waals surface area (Å²) < 4.78 is 10.2. The molecule has 1 N–H and O–H groups in total. The highest BCUT2D eigenvalue weighted by atomic mass is 35.5. The number of halogens is 2. The van der Waals surface area contributed by atoms with Gasteiger partial charge in [-0.05, 0) is 47.2 Å². The Morgan fingerprint density at radius 3 is 2.28 bits per heavy atom. The molecule has 0 saturated heterocycles. The smallest absolute Gasteiger partial charge is 0.305 e. The molecule has 0 bridgehead atoms. The van der Waals surface area contributed by atoms with Gasteiger partial charge >= 0.3 is 5.97 Å². The van der Waals surface area contributed by atoms with Crippen LogP contribution in [0.25, 0.3) is 0 Å². The van der Waals surface area contributed by atoms with Crippen molar-refractivity contribution in [1.29, 1.82) is 0 Å². The summed E-state index contributed by atoms with van der Waals surface area (Å²) in [5, 5.41) is 11.0. The van der Waals surface area contributed by atoms with Crippen molar-refractivity contribution in [2.75, 3.05) is 13.7 Å². The third-order valence-corrected chi connectivity index (χ3v) is 4.91. The van der Waals surface area contributed by atoms with Crippen LogP contribution in [0.3, 0.4) is 0 Å². The Morgan fingerprint density at radius 2 is 1.72 bits per heavy atom. The third kappa shape index (κ3) is 7.79. The van der Waals surface area contributed by atoms with Gasteiger partial charge in [-0.15, -0.1) is 0 Å². The number of esters is 1. The van der Waals surface area contributed by atoms with E-state index in [4.69, 9.17) is 27.9 Å². The highest BCUT2D eigenvalue weighted by Crippen LogP contribution is 2.34. The summed E-state index contributed by atoms with van der Waals surface area (Å²) >= 11 is 12.8. The van der Waals surface area contributed by atoms with Crippen LogP contribution < -0.4 is 4.74 Å². The van der Waals surface area contributed by atoms with Crippen LogP contribution in [-0.4, -0.2) is 24.8 Å². The number of hydrogen-bond donors (Lipinski definition) is 1. The minimum atomic E-state index is -0.264. The van der Waals surface area contributed by atoms with Crippen molar-refractivity contribution < 1.29 is 19.4 Å². The molecule has 0 fully saturated rings. The Labute approximate surface area is 183 Å². The molecule has 0 aromatic heterocycles. The van der Waals surface area contributed by atoms with Gasteiger partial charge in [0.25, 0.3) is 0 Å². The molecule has 0 aliphatic rings. The zero-order chi connectivity index (χ0) is 22.0. The van der Waals surface area contributed by atoms with Crippen LogP contribution in [0.4, 0.5) is 0 Å². The molecular formula is C23H30Cl2O4. The van der Waals surface area contributed by atoms with Crippen molar-refractivity contribution >= 4 is 29.2 Å². The van der Waals surface area contributed by atoms with Gasteiger partial charge in [-0.25, -0.2) is 0 Å². The van der Waals surface area contributed by atoms with Crippen LogP contribution in [0.2, 0.25) is 10.0 Å². The Kier molecular flexibility index (Phi) is 10.9. The number of carbonyl (C=O) groups is 1. The van der Waals surface area contributed by atoms with Gasteiger partial charge in [0.2, 0.25) is 0 Å². The average Bonchev–Trinajstić information content (AvgIpc) is 2.70. The second-order valence-electron chi connectivity index (χ2n) is 6.62. The highest BCUT2D eigenvalue weighted by molar-refractivity contribution is 6.36. The molecule has 4 nitrogen and oxygen atoms in total. The van der Waals surface area contributed by atoms with Crippen molar-refractivity contribution in [2.45, 2.75) is 52.9 Å². The number of phenols is 1. The number of carbonyl (C=O) groups excluding carboxylic acids is 1. The average molecular weight is 441 g/mol. The van der Waals surface area contributed by atoms with E-state index in [0.717, 1.165) is 16.7 Å². The fourth-order valence-electron chi connectivity index (χ4n) is 2.72. The minimum absolute atomic E-state index is 0.219. The minimum Gasteiger partial charge on any atom is -0.508 e. The fourth-order valence-corrected chi connectivity index (χ4v) is 3.32. The summed E-state index contributed by atoms with van der Waals surface area (Å²) in [5.74, 6) is 0.810. The Balaban J connectivity index is 0.00000204. The maximum absolute atomic E-state index is 11.1. The third-order valence-electron chi connectivity index (χ3n) is 4.23. The molecule has 2 aromatic rings. The van der Waals surface area contributed by atoms with Gasteiger partial charge in [-0.3, -0.25) is 4.79 Å². The van der Waals surface area contributed by atoms with Gasteiger partial charge < -0.3 is 14.6 Å². The quantitative estimate of drug-likeness (QED) is 0.363. The lowest BCUT2D eigenvalue weighted by atomic mass is 9.96. The van der Waals surface area contributed by atoms with Crippen molar-refractivity contribution in [3.63, 3.8) is 0 Å². The fraction of sp³-hybridized carbons (Fsp3) is 0.435. The lowest BCUT2D eigenvalue weighted by Gasteiger charge is -2.14. The molecule has 0 aliphatic carbocycles. The molecule has 0 amide bonds. The molecule has 0 aliphatic heterocycles. The van der Waals surface area contributed by atoms with E-state index >= 15 is 0 Å². The zero-order valence-electron chi connectivity index (χ0n) is 17.7. The van der Waals surface area contributed by atoms with E-state index in [1.54, 1.807) is 18.2 Å². The lowest BCUT2D eigenvalue weighted by Crippen LogP contribution is -2.04. The molecule has 0 saturated carbocycles. The largest absolute Gasteiger partial charge is 0.508 e. The first-order chi connectivity index (χ1) is 13.8. The molecule has 0 radical (unpaired) electrons. The SMILES string of the molecule is CC.COC(=O)CCCOc1cc(Cl)c(Cc2ccc(O)c(C(C)C)c2)c(Cl)c1. The predicted molar refractivity (Wildman–Crippen MR) is 120 cm³/mol. The summed E-state index contributed by atoms with van der Waals surface area (Å²) in [6.45, 7) is 8.44. The number of phenolic OH excluding ortho intramolecular Hbond substituents is 1. The normalized spacial score (nSPS) is 10.3. The van der Waals surface area contributed by atoms with Crippen molar-refractivity contribution in [3.8, 4) is 11.5 Å². The highest BCUT2D eigenvalue weighted by Gasteiger charge is 2.13. The second kappa shape index (κ2) is 12.6. The van der Waals surface area contributed by atoms with E-state index in [2.05, 4.69) is 4.74 Å². The van der Waals surface area contributed by atoms with Crippen molar-refractivity contribution in [1.82, 2.24) is 0 Å². The van der Waals surface area contributed by atoms with E-state index in [1.165, 1.54) is 7.11 Å². The summed E-state index contributed by atoms with van der Waals surface area (Å²) in [6.07, 6.45) is 1.41. The van der Waals surface area contributed by atoms with E-state index in [-0.39, 0.29) is 11.9 Å². The number of methoxy groups -OCH3 is 1. The van der Waals surface area contributed by atoms with Crippen molar-refractivity contribution in [2.24, 2.45) is 0 Å². The lowest BCUT2D eigenvalue weighted by molar-refractivity contribution is -0.140. The van der Waals surface area contributed by atoms with Crippen LogP contribution in [0.5, 0.6) is 11.5 Å². The molecule has 0 unspecified atom stereocenters.